The number of piperazine rings is 1. The van der Waals surface area contributed by atoms with Gasteiger partial charge >= 0.3 is 0 Å². The predicted octanol–water partition coefficient (Wildman–Crippen LogP) is 2.83. The van der Waals surface area contributed by atoms with Gasteiger partial charge in [-0.3, -0.25) is 4.90 Å². The molecule has 1 aliphatic heterocycles. The van der Waals surface area contributed by atoms with Gasteiger partial charge in [0.2, 0.25) is 0 Å². The zero-order chi connectivity index (χ0) is 13.1. The van der Waals surface area contributed by atoms with Crippen LogP contribution in [0.4, 0.5) is 4.39 Å². The van der Waals surface area contributed by atoms with Gasteiger partial charge in [-0.2, -0.15) is 0 Å². The predicted molar refractivity (Wildman–Crippen MR) is 76.7 cm³/mol. The summed E-state index contributed by atoms with van der Waals surface area (Å²) in [4.78, 5) is 2.06. The highest BCUT2D eigenvalue weighted by atomic mass is 79.9. The van der Waals surface area contributed by atoms with E-state index < -0.39 is 6.67 Å². The maximum Gasteiger partial charge on any atom is 0.134 e. The average molecular weight is 382 g/mol. The maximum atomic E-state index is 13.4. The van der Waals surface area contributed by atoms with Crippen LogP contribution in [-0.2, 0) is 0 Å². The fourth-order valence-electron chi connectivity index (χ4n) is 2.21. The molecular weight excluding hydrogens is 367 g/mol. The molecule has 100 valence electrons. The highest BCUT2D eigenvalue weighted by Gasteiger charge is 2.25. The van der Waals surface area contributed by atoms with Crippen LogP contribution in [0.1, 0.15) is 11.6 Å². The van der Waals surface area contributed by atoms with Crippen LogP contribution in [0.2, 0.25) is 0 Å². The second kappa shape index (κ2) is 6.32. The second-order valence-electron chi connectivity index (χ2n) is 4.28. The number of nitrogens with zero attached hydrogens (tertiary/aromatic N) is 1. The van der Waals surface area contributed by atoms with Crippen molar-refractivity contribution < 1.29 is 9.50 Å². The van der Waals surface area contributed by atoms with Gasteiger partial charge in [-0.1, -0.05) is 15.9 Å². The number of phenols is 1. The third-order valence-corrected chi connectivity index (χ3v) is 4.22. The van der Waals surface area contributed by atoms with E-state index in [-0.39, 0.29) is 11.8 Å². The summed E-state index contributed by atoms with van der Waals surface area (Å²) in [6.07, 6.45) is 0. The van der Waals surface area contributed by atoms with Gasteiger partial charge in [0.1, 0.15) is 12.4 Å². The Hall–Kier alpha value is -0.170. The van der Waals surface area contributed by atoms with E-state index in [2.05, 4.69) is 42.1 Å². The maximum absolute atomic E-state index is 13.4. The first-order valence-electron chi connectivity index (χ1n) is 5.82. The normalized spacial score (nSPS) is 18.8. The second-order valence-corrected chi connectivity index (χ2v) is 6.05. The summed E-state index contributed by atoms with van der Waals surface area (Å²) in [5.41, 5.74) is 0.626. The molecule has 0 aliphatic carbocycles. The van der Waals surface area contributed by atoms with Gasteiger partial charge in [-0.25, -0.2) is 4.39 Å². The zero-order valence-electron chi connectivity index (χ0n) is 9.80. The summed E-state index contributed by atoms with van der Waals surface area (Å²) >= 11 is 6.66. The van der Waals surface area contributed by atoms with E-state index in [9.17, 15) is 9.50 Å². The standard InChI is InChI=1S/C12H15Br2FN2O/c13-8-5-9(12(18)10(14)6-8)11(7-15)17-3-1-16-2-4-17/h5-6,11,16,18H,1-4,7H2/t11-/m0/s1. The third kappa shape index (κ3) is 3.04. The van der Waals surface area contributed by atoms with E-state index in [1.165, 1.54) is 0 Å². The van der Waals surface area contributed by atoms with E-state index in [0.717, 1.165) is 30.7 Å². The number of hydrogen-bond acceptors (Lipinski definition) is 3. The molecule has 2 N–H and O–H groups in total. The molecule has 18 heavy (non-hydrogen) atoms. The molecule has 0 bridgehead atoms. The summed E-state index contributed by atoms with van der Waals surface area (Å²) in [5.74, 6) is 0.124. The molecule has 0 aromatic heterocycles. The van der Waals surface area contributed by atoms with Crippen LogP contribution in [-0.4, -0.2) is 42.9 Å². The number of rotatable bonds is 3. The highest BCUT2D eigenvalue weighted by Crippen LogP contribution is 2.37. The monoisotopic (exact) mass is 380 g/mol. The van der Waals surface area contributed by atoms with Gasteiger partial charge in [0.25, 0.3) is 0 Å². The lowest BCUT2D eigenvalue weighted by molar-refractivity contribution is 0.145. The molecule has 0 unspecified atom stereocenters. The molecule has 1 aromatic rings. The number of hydrogen-bond donors (Lipinski definition) is 2. The zero-order valence-corrected chi connectivity index (χ0v) is 13.0. The largest absolute Gasteiger partial charge is 0.506 e. The molecule has 3 nitrogen and oxygen atoms in total. The molecule has 1 aromatic carbocycles. The van der Waals surface area contributed by atoms with Crippen LogP contribution in [0, 0.1) is 0 Å². The number of halogens is 3. The van der Waals surface area contributed by atoms with Crippen molar-refractivity contribution in [3.05, 3.63) is 26.6 Å². The Labute approximate surface area is 123 Å². The molecule has 0 saturated carbocycles. The van der Waals surface area contributed by atoms with Crippen LogP contribution < -0.4 is 5.32 Å². The van der Waals surface area contributed by atoms with E-state index in [1.807, 2.05) is 0 Å². The first-order valence-corrected chi connectivity index (χ1v) is 7.40. The van der Waals surface area contributed by atoms with Gasteiger partial charge in [-0.15, -0.1) is 0 Å². The van der Waals surface area contributed by atoms with Crippen molar-refractivity contribution >= 4 is 31.9 Å². The van der Waals surface area contributed by atoms with Crippen LogP contribution in [0.3, 0.4) is 0 Å². The summed E-state index contributed by atoms with van der Waals surface area (Å²) in [6.45, 7) is 2.78. The van der Waals surface area contributed by atoms with Crippen molar-refractivity contribution in [1.82, 2.24) is 10.2 Å². The molecule has 0 radical (unpaired) electrons. The molecular formula is C12H15Br2FN2O. The average Bonchev–Trinajstić information content (AvgIpc) is 2.37. The van der Waals surface area contributed by atoms with Gasteiger partial charge < -0.3 is 10.4 Å². The summed E-state index contributed by atoms with van der Waals surface area (Å²) in [5, 5.41) is 13.3. The lowest BCUT2D eigenvalue weighted by Crippen LogP contribution is -2.45. The Morgan fingerprint density at radius 3 is 2.61 bits per heavy atom. The number of alkyl halides is 1. The minimum absolute atomic E-state index is 0.124. The molecule has 1 heterocycles. The van der Waals surface area contributed by atoms with E-state index in [0.29, 0.717) is 10.0 Å². The summed E-state index contributed by atoms with van der Waals surface area (Å²) < 4.78 is 14.8. The van der Waals surface area contributed by atoms with Crippen molar-refractivity contribution in [2.45, 2.75) is 6.04 Å². The van der Waals surface area contributed by atoms with Gasteiger partial charge in [0.05, 0.1) is 10.5 Å². The lowest BCUT2D eigenvalue weighted by Gasteiger charge is -2.34. The summed E-state index contributed by atoms with van der Waals surface area (Å²) in [6, 6.07) is 3.15. The SMILES string of the molecule is Oc1c(Br)cc(Br)cc1[C@H](CF)N1CCNCC1. The number of benzene rings is 1. The molecule has 1 saturated heterocycles. The molecule has 1 atom stereocenters. The topological polar surface area (TPSA) is 35.5 Å². The van der Waals surface area contributed by atoms with Gasteiger partial charge in [0, 0.05) is 36.2 Å². The number of phenolic OH excluding ortho intramolecular Hbond substituents is 1. The highest BCUT2D eigenvalue weighted by molar-refractivity contribution is 9.11. The van der Waals surface area contributed by atoms with Gasteiger partial charge in [-0.05, 0) is 28.1 Å². The minimum atomic E-state index is -0.504. The lowest BCUT2D eigenvalue weighted by atomic mass is 10.0. The molecule has 0 amide bonds. The summed E-state index contributed by atoms with van der Waals surface area (Å²) in [7, 11) is 0. The number of aromatic hydroxyl groups is 1. The Balaban J connectivity index is 2.31. The van der Waals surface area contributed by atoms with E-state index in [1.54, 1.807) is 12.1 Å². The Morgan fingerprint density at radius 1 is 1.33 bits per heavy atom. The van der Waals surface area contributed by atoms with Crippen molar-refractivity contribution in [2.75, 3.05) is 32.9 Å². The van der Waals surface area contributed by atoms with Crippen LogP contribution >= 0.6 is 31.9 Å². The smallest absolute Gasteiger partial charge is 0.134 e. The van der Waals surface area contributed by atoms with Crippen LogP contribution in [0.15, 0.2) is 21.1 Å². The minimum Gasteiger partial charge on any atom is -0.506 e. The van der Waals surface area contributed by atoms with Crippen molar-refractivity contribution in [3.8, 4) is 5.75 Å². The first kappa shape index (κ1) is 14.2. The van der Waals surface area contributed by atoms with Crippen molar-refractivity contribution in [2.24, 2.45) is 0 Å². The molecule has 1 fully saturated rings. The molecule has 6 heteroatoms. The fourth-order valence-corrected chi connectivity index (χ4v) is 3.47. The first-order chi connectivity index (χ1) is 8.63. The number of nitrogens with one attached hydrogen (secondary N) is 1. The Bertz CT molecular complexity index is 425. The van der Waals surface area contributed by atoms with Crippen LogP contribution in [0.25, 0.3) is 0 Å². The van der Waals surface area contributed by atoms with E-state index >= 15 is 0 Å². The quantitative estimate of drug-likeness (QED) is 0.845. The van der Waals surface area contributed by atoms with Crippen LogP contribution in [0.5, 0.6) is 5.75 Å². The van der Waals surface area contributed by atoms with Crippen molar-refractivity contribution in [1.29, 1.82) is 0 Å². The third-order valence-electron chi connectivity index (χ3n) is 3.16. The Morgan fingerprint density at radius 2 is 2.00 bits per heavy atom. The molecule has 2 rings (SSSR count). The van der Waals surface area contributed by atoms with Gasteiger partial charge in [0.15, 0.2) is 0 Å². The van der Waals surface area contributed by atoms with E-state index in [4.69, 9.17) is 0 Å². The Kier molecular flexibility index (Phi) is 5.00. The molecule has 0 spiro atoms. The molecule has 1 aliphatic rings. The fraction of sp³-hybridized carbons (Fsp3) is 0.500. The van der Waals surface area contributed by atoms with Crippen molar-refractivity contribution in [3.63, 3.8) is 0 Å².